The summed E-state index contributed by atoms with van der Waals surface area (Å²) in [6, 6.07) is -5.23. The lowest BCUT2D eigenvalue weighted by Crippen LogP contribution is -2.61. The summed E-state index contributed by atoms with van der Waals surface area (Å²) < 4.78 is 0. The van der Waals surface area contributed by atoms with Crippen molar-refractivity contribution >= 4 is 90.4 Å². The van der Waals surface area contributed by atoms with Crippen LogP contribution in [0.25, 0.3) is 0 Å². The molecule has 0 bridgehead atoms. The number of phenols is 1. The summed E-state index contributed by atoms with van der Waals surface area (Å²) in [7, 11) is 0. The van der Waals surface area contributed by atoms with Gasteiger partial charge in [0.2, 0.25) is 47.3 Å². The van der Waals surface area contributed by atoms with E-state index in [0.717, 1.165) is 0 Å². The molecule has 1 aromatic rings. The second-order valence-electron chi connectivity index (χ2n) is 17.4. The zero-order valence-corrected chi connectivity index (χ0v) is 43.3. The predicted octanol–water partition coefficient (Wildman–Crippen LogP) is -5.09. The Labute approximate surface area is 434 Å². The van der Waals surface area contributed by atoms with Crippen molar-refractivity contribution in [1.82, 2.24) is 42.5 Å². The molecule has 1 aromatic carbocycles. The number of guanidine groups is 2. The number of nitrogens with zero attached hydrogens (tertiary/aromatic N) is 2. The minimum atomic E-state index is -1.66. The van der Waals surface area contributed by atoms with Crippen LogP contribution in [-0.2, 0) is 49.6 Å². The number of carboxylic acids is 1. The highest BCUT2D eigenvalue weighted by molar-refractivity contribution is 7.80. The number of nitrogens with two attached hydrogens (primary N) is 5. The van der Waals surface area contributed by atoms with Crippen LogP contribution < -0.4 is 71.2 Å². The van der Waals surface area contributed by atoms with Gasteiger partial charge in [-0.25, -0.2) is 4.79 Å². The number of nitrogens with one attached hydrogen (secondary N) is 8. The van der Waals surface area contributed by atoms with Gasteiger partial charge >= 0.3 is 5.97 Å². The lowest BCUT2D eigenvalue weighted by molar-refractivity contribution is -0.142. The topological polar surface area (TPSA) is 465 Å². The van der Waals surface area contributed by atoms with Gasteiger partial charge in [-0.2, -0.15) is 25.3 Å². The van der Waals surface area contributed by atoms with E-state index in [9.17, 15) is 58.5 Å². The van der Waals surface area contributed by atoms with Crippen LogP contribution in [-0.4, -0.2) is 167 Å². The molecule has 0 heterocycles. The number of hydrogen-bond acceptors (Lipinski definition) is 16. The van der Waals surface area contributed by atoms with E-state index in [1.807, 2.05) is 0 Å². The van der Waals surface area contributed by atoms with E-state index in [-0.39, 0.29) is 86.7 Å². The molecular formula is C44H75N15O12S2. The molecule has 0 aromatic heterocycles. The Morgan fingerprint density at radius 3 is 1.52 bits per heavy atom. The van der Waals surface area contributed by atoms with Gasteiger partial charge in [-0.1, -0.05) is 46.2 Å². The van der Waals surface area contributed by atoms with Crippen molar-refractivity contribution < 1.29 is 58.5 Å². The fraction of sp³-hybridized carbons (Fsp3) is 0.614. The number of aliphatic carboxylic acids is 1. The molecule has 0 radical (unpaired) electrons. The molecule has 0 saturated heterocycles. The Balaban J connectivity index is 3.64. The van der Waals surface area contributed by atoms with E-state index in [0.29, 0.717) is 12.0 Å². The second-order valence-corrected chi connectivity index (χ2v) is 18.1. The van der Waals surface area contributed by atoms with Gasteiger partial charge in [0.15, 0.2) is 11.9 Å². The van der Waals surface area contributed by atoms with Crippen LogP contribution in [0, 0.1) is 11.8 Å². The number of benzene rings is 1. The predicted molar refractivity (Wildman–Crippen MR) is 277 cm³/mol. The monoisotopic (exact) mass is 1070 g/mol. The van der Waals surface area contributed by atoms with E-state index in [1.165, 1.54) is 24.3 Å². The Kier molecular flexibility index (Phi) is 30.0. The van der Waals surface area contributed by atoms with Gasteiger partial charge in [0.25, 0.3) is 0 Å². The van der Waals surface area contributed by atoms with Crippen molar-refractivity contribution in [1.29, 1.82) is 0 Å². The number of carbonyl (C=O) groups is 9. The van der Waals surface area contributed by atoms with Crippen LogP contribution in [0.5, 0.6) is 5.75 Å². The molecule has 0 unspecified atom stereocenters. The van der Waals surface area contributed by atoms with Crippen molar-refractivity contribution in [2.45, 2.75) is 121 Å². The minimum Gasteiger partial charge on any atom is -0.508 e. The third-order valence-electron chi connectivity index (χ3n) is 10.9. The zero-order valence-electron chi connectivity index (χ0n) is 41.5. The Morgan fingerprint density at radius 1 is 0.616 bits per heavy atom. The smallest absolute Gasteiger partial charge is 0.327 e. The third-order valence-corrected chi connectivity index (χ3v) is 11.6. The average Bonchev–Trinajstić information content (AvgIpc) is 3.33. The van der Waals surface area contributed by atoms with Crippen molar-refractivity contribution in [2.75, 3.05) is 37.7 Å². The van der Waals surface area contributed by atoms with Crippen molar-refractivity contribution in [3.8, 4) is 5.75 Å². The average molecular weight is 1070 g/mol. The SMILES string of the molecule is CC[C@H](C)[C@H](NC(=O)CNC(=O)[C@@H](N)CS)C(=O)N[C@@H](Cc1ccc(O)cc1)C(=O)N[C@@H](CCCN=C(N)N)C(=O)N[C@@H](CC(C)C)C(=O)N[C@@H](CCCN=C(N)N)C(=O)N[C@@H](CO)C(=O)N[C@@H](CS)C(=O)O. The number of aliphatic imine (C=N–C) groups is 2. The van der Waals surface area contributed by atoms with E-state index in [4.69, 9.17) is 28.7 Å². The van der Waals surface area contributed by atoms with E-state index >= 15 is 0 Å². The normalized spacial score (nSPS) is 14.6. The standard InChI is InChI=1S/C44H75N15O12S2/c1-5-23(4)34(59-33(62)18-52-35(63)26(45)20-72)41(69)56-30(17-24-10-12-25(61)13-11-24)39(67)54-27(8-6-14-50-43(46)47)36(64)55-29(16-22(2)3)38(66)53-28(9-7-15-51-44(48)49)37(65)57-31(19-60)40(68)58-32(21-73)42(70)71/h10-13,22-23,26-32,34,60-61,72-73H,5-9,14-21,45H2,1-4H3,(H,52,63)(H,53,66)(H,54,67)(H,55,64)(H,56,69)(H,57,65)(H,58,68)(H,59,62)(H,70,71)(H4,46,47,50)(H4,48,49,51)/t23-,26-,27-,28-,29-,30-,31-,32-,34-/m0/s1. The molecule has 0 aliphatic rings. The molecule has 410 valence electrons. The summed E-state index contributed by atoms with van der Waals surface area (Å²) in [5.41, 5.74) is 28.1. The molecule has 9 atom stereocenters. The van der Waals surface area contributed by atoms with Gasteiger partial charge in [-0.05, 0) is 61.6 Å². The molecular weight excluding hydrogens is 995 g/mol. The number of aliphatic hydroxyl groups is 1. The lowest BCUT2D eigenvalue weighted by atomic mass is 9.97. The highest BCUT2D eigenvalue weighted by atomic mass is 32.1. The third kappa shape index (κ3) is 25.1. The first-order valence-electron chi connectivity index (χ1n) is 23.5. The fourth-order valence-corrected chi connectivity index (χ4v) is 7.05. The molecule has 0 aliphatic heterocycles. The number of thiol groups is 2. The van der Waals surface area contributed by atoms with Gasteiger partial charge in [0.05, 0.1) is 19.2 Å². The van der Waals surface area contributed by atoms with Crippen molar-refractivity contribution in [3.05, 3.63) is 29.8 Å². The number of aromatic hydroxyl groups is 1. The van der Waals surface area contributed by atoms with Crippen LogP contribution in [0.2, 0.25) is 0 Å². The van der Waals surface area contributed by atoms with E-state index in [2.05, 4.69) is 77.8 Å². The van der Waals surface area contributed by atoms with Crippen LogP contribution in [0.15, 0.2) is 34.3 Å². The van der Waals surface area contributed by atoms with Gasteiger partial charge in [0, 0.05) is 31.0 Å². The van der Waals surface area contributed by atoms with Crippen LogP contribution in [0.4, 0.5) is 0 Å². The summed E-state index contributed by atoms with van der Waals surface area (Å²) in [4.78, 5) is 128. The fourth-order valence-electron chi connectivity index (χ4n) is 6.64. The number of carboxylic acid groups (broad SMARTS) is 1. The number of amides is 8. The van der Waals surface area contributed by atoms with E-state index < -0.39 is 121 Å². The highest BCUT2D eigenvalue weighted by Gasteiger charge is 2.35. The Bertz CT molecular complexity index is 2060. The lowest BCUT2D eigenvalue weighted by Gasteiger charge is -2.29. The molecule has 29 heteroatoms. The number of phenolic OH excluding ortho intramolecular Hbond substituents is 1. The van der Waals surface area contributed by atoms with Crippen molar-refractivity contribution in [3.63, 3.8) is 0 Å². The second kappa shape index (κ2) is 33.9. The number of hydrogen-bond donors (Lipinski definition) is 18. The van der Waals surface area contributed by atoms with Crippen molar-refractivity contribution in [2.24, 2.45) is 50.5 Å². The van der Waals surface area contributed by atoms with Gasteiger partial charge in [-0.15, -0.1) is 0 Å². The largest absolute Gasteiger partial charge is 0.508 e. The number of carbonyl (C=O) groups excluding carboxylic acids is 8. The molecule has 0 spiro atoms. The molecule has 1 rings (SSSR count). The highest BCUT2D eigenvalue weighted by Crippen LogP contribution is 2.15. The Morgan fingerprint density at radius 2 is 1.07 bits per heavy atom. The molecule has 0 saturated carbocycles. The molecule has 0 fully saturated rings. The van der Waals surface area contributed by atoms with Gasteiger partial charge in [-0.3, -0.25) is 48.3 Å². The molecule has 8 amide bonds. The maximum Gasteiger partial charge on any atom is 0.327 e. The first-order chi connectivity index (χ1) is 34.4. The van der Waals surface area contributed by atoms with E-state index in [1.54, 1.807) is 27.7 Å². The van der Waals surface area contributed by atoms with Crippen LogP contribution >= 0.6 is 25.3 Å². The maximum absolute atomic E-state index is 14.4. The summed E-state index contributed by atoms with van der Waals surface area (Å²) in [6.45, 7) is 5.50. The summed E-state index contributed by atoms with van der Waals surface area (Å²) in [6.07, 6.45) is 0.170. The zero-order chi connectivity index (χ0) is 55.4. The van der Waals surface area contributed by atoms with Gasteiger partial charge < -0.3 is 86.5 Å². The first-order valence-corrected chi connectivity index (χ1v) is 24.7. The quantitative estimate of drug-likeness (QED) is 0.0133. The maximum atomic E-state index is 14.4. The summed E-state index contributed by atoms with van der Waals surface area (Å²) in [5.74, 6) is -9.85. The molecule has 0 aliphatic carbocycles. The molecule has 21 N–H and O–H groups in total. The number of rotatable bonds is 34. The summed E-state index contributed by atoms with van der Waals surface area (Å²) >= 11 is 7.88. The number of aliphatic hydroxyl groups excluding tert-OH is 1. The molecule has 27 nitrogen and oxygen atoms in total. The first kappa shape index (κ1) is 64.4. The Hall–Kier alpha value is -6.59. The minimum absolute atomic E-state index is 0.00878. The van der Waals surface area contributed by atoms with Gasteiger partial charge in [0.1, 0.15) is 48.0 Å². The summed E-state index contributed by atoms with van der Waals surface area (Å²) in [5, 5.41) is 49.3. The van der Waals surface area contributed by atoms with Crippen LogP contribution in [0.3, 0.4) is 0 Å². The molecule has 73 heavy (non-hydrogen) atoms. The van der Waals surface area contributed by atoms with Crippen LogP contribution in [0.1, 0.15) is 71.8 Å².